The van der Waals surface area contributed by atoms with E-state index in [1.54, 1.807) is 0 Å². The van der Waals surface area contributed by atoms with E-state index in [0.717, 1.165) is 31.0 Å². The van der Waals surface area contributed by atoms with Crippen LogP contribution in [-0.4, -0.2) is 17.3 Å². The molecule has 0 aliphatic carbocycles. The Morgan fingerprint density at radius 2 is 1.62 bits per heavy atom. The normalized spacial score (nSPS) is 17.0. The van der Waals surface area contributed by atoms with Gasteiger partial charge in [-0.1, -0.05) is 48.5 Å². The fourth-order valence-corrected chi connectivity index (χ4v) is 2.62. The second kappa shape index (κ2) is 6.93. The molecule has 0 radical (unpaired) electrons. The van der Waals surface area contributed by atoms with Gasteiger partial charge in [-0.2, -0.15) is 5.10 Å². The molecule has 0 aromatic heterocycles. The highest BCUT2D eigenvalue weighted by atomic mass is 15.4. The van der Waals surface area contributed by atoms with Crippen LogP contribution in [0.15, 0.2) is 65.8 Å². The van der Waals surface area contributed by atoms with E-state index in [1.165, 1.54) is 18.4 Å². The quantitative estimate of drug-likeness (QED) is 0.853. The molecule has 1 aliphatic heterocycles. The zero-order valence-corrected chi connectivity index (χ0v) is 12.2. The van der Waals surface area contributed by atoms with Gasteiger partial charge in [-0.3, -0.25) is 5.43 Å². The number of nitrogens with zero attached hydrogens (tertiary/aromatic N) is 2. The minimum absolute atomic E-state index is 0.941. The van der Waals surface area contributed by atoms with Crippen LogP contribution in [0, 0.1) is 0 Å². The number of rotatable bonds is 4. The lowest BCUT2D eigenvalue weighted by Gasteiger charge is -2.30. The van der Waals surface area contributed by atoms with E-state index in [1.807, 2.05) is 30.3 Å². The SMILES string of the molecule is c1ccc(CN2CCCC/C2=N\Nc2ccccc2)cc1. The molecule has 1 fully saturated rings. The minimum Gasteiger partial charge on any atom is -0.354 e. The zero-order chi connectivity index (χ0) is 14.3. The smallest absolute Gasteiger partial charge is 0.125 e. The third kappa shape index (κ3) is 3.85. The lowest BCUT2D eigenvalue weighted by molar-refractivity contribution is 0.363. The van der Waals surface area contributed by atoms with Crippen molar-refractivity contribution >= 4 is 11.5 Å². The standard InChI is InChI=1S/C18H21N3/c1-3-9-16(10-4-1)15-21-14-8-7-13-18(21)20-19-17-11-5-2-6-12-17/h1-6,9-12,19H,7-8,13-15H2/b20-18+. The molecule has 1 aliphatic rings. The molecule has 1 N–H and O–H groups in total. The average molecular weight is 279 g/mol. The van der Waals surface area contributed by atoms with Gasteiger partial charge in [0.25, 0.3) is 0 Å². The van der Waals surface area contributed by atoms with Crippen molar-refractivity contribution in [1.82, 2.24) is 4.90 Å². The number of amidine groups is 1. The second-order valence-electron chi connectivity index (χ2n) is 5.37. The Kier molecular flexibility index (Phi) is 4.52. The van der Waals surface area contributed by atoms with Gasteiger partial charge >= 0.3 is 0 Å². The zero-order valence-electron chi connectivity index (χ0n) is 12.2. The molecule has 0 unspecified atom stereocenters. The molecule has 3 rings (SSSR count). The summed E-state index contributed by atoms with van der Waals surface area (Å²) in [7, 11) is 0. The van der Waals surface area contributed by atoms with Gasteiger partial charge in [0.2, 0.25) is 0 Å². The van der Waals surface area contributed by atoms with Crippen molar-refractivity contribution in [3.05, 3.63) is 66.2 Å². The van der Waals surface area contributed by atoms with Crippen molar-refractivity contribution in [2.45, 2.75) is 25.8 Å². The van der Waals surface area contributed by atoms with Crippen molar-refractivity contribution in [1.29, 1.82) is 0 Å². The summed E-state index contributed by atoms with van der Waals surface area (Å²) in [5, 5.41) is 4.62. The Balaban J connectivity index is 1.69. The second-order valence-corrected chi connectivity index (χ2v) is 5.37. The molecule has 1 heterocycles. The number of hydrogen-bond acceptors (Lipinski definition) is 2. The van der Waals surface area contributed by atoms with E-state index >= 15 is 0 Å². The summed E-state index contributed by atoms with van der Waals surface area (Å²) < 4.78 is 0. The number of hydrogen-bond donors (Lipinski definition) is 1. The molecule has 0 amide bonds. The van der Waals surface area contributed by atoms with Crippen molar-refractivity contribution in [3.63, 3.8) is 0 Å². The van der Waals surface area contributed by atoms with Crippen LogP contribution in [0.3, 0.4) is 0 Å². The Morgan fingerprint density at radius 3 is 2.38 bits per heavy atom. The number of piperidine rings is 1. The van der Waals surface area contributed by atoms with E-state index in [4.69, 9.17) is 0 Å². The van der Waals surface area contributed by atoms with Crippen molar-refractivity contribution in [3.8, 4) is 0 Å². The predicted octanol–water partition coefficient (Wildman–Crippen LogP) is 4.10. The number of nitrogens with one attached hydrogen (secondary N) is 1. The summed E-state index contributed by atoms with van der Waals surface area (Å²) >= 11 is 0. The predicted molar refractivity (Wildman–Crippen MR) is 88.2 cm³/mol. The van der Waals surface area contributed by atoms with E-state index in [0.29, 0.717) is 0 Å². The first-order valence-corrected chi connectivity index (χ1v) is 7.58. The van der Waals surface area contributed by atoms with Crippen LogP contribution in [0.4, 0.5) is 5.69 Å². The van der Waals surface area contributed by atoms with Gasteiger partial charge in [0.1, 0.15) is 5.84 Å². The maximum absolute atomic E-state index is 4.62. The number of para-hydroxylation sites is 1. The van der Waals surface area contributed by atoms with Crippen molar-refractivity contribution in [2.24, 2.45) is 5.10 Å². The summed E-state index contributed by atoms with van der Waals surface area (Å²) in [4.78, 5) is 2.38. The first-order valence-electron chi connectivity index (χ1n) is 7.58. The van der Waals surface area contributed by atoms with Crippen LogP contribution < -0.4 is 5.43 Å². The third-order valence-corrected chi connectivity index (χ3v) is 3.75. The Morgan fingerprint density at radius 1 is 0.905 bits per heavy atom. The van der Waals surface area contributed by atoms with Gasteiger partial charge in [-0.15, -0.1) is 0 Å². The number of benzene rings is 2. The molecule has 2 aromatic rings. The number of anilines is 1. The summed E-state index contributed by atoms with van der Waals surface area (Å²) in [5.41, 5.74) is 5.55. The molecular formula is C18H21N3. The first-order chi connectivity index (χ1) is 10.4. The minimum atomic E-state index is 0.941. The van der Waals surface area contributed by atoms with Gasteiger partial charge in [-0.25, -0.2) is 0 Å². The fraction of sp³-hybridized carbons (Fsp3) is 0.278. The van der Waals surface area contributed by atoms with E-state index in [2.05, 4.69) is 45.8 Å². The van der Waals surface area contributed by atoms with E-state index in [9.17, 15) is 0 Å². The van der Waals surface area contributed by atoms with Gasteiger partial charge < -0.3 is 4.90 Å². The lowest BCUT2D eigenvalue weighted by Crippen LogP contribution is -2.35. The molecular weight excluding hydrogens is 258 g/mol. The highest BCUT2D eigenvalue weighted by Crippen LogP contribution is 2.16. The highest BCUT2D eigenvalue weighted by molar-refractivity contribution is 5.83. The molecule has 0 saturated carbocycles. The third-order valence-electron chi connectivity index (χ3n) is 3.75. The Bertz CT molecular complexity index is 578. The summed E-state index contributed by atoms with van der Waals surface area (Å²) in [6, 6.07) is 20.7. The molecule has 108 valence electrons. The molecule has 21 heavy (non-hydrogen) atoms. The van der Waals surface area contributed by atoms with Gasteiger partial charge in [0, 0.05) is 19.5 Å². The molecule has 3 nitrogen and oxygen atoms in total. The first kappa shape index (κ1) is 13.7. The fourth-order valence-electron chi connectivity index (χ4n) is 2.62. The van der Waals surface area contributed by atoms with Gasteiger partial charge in [0.15, 0.2) is 0 Å². The van der Waals surface area contributed by atoms with Crippen LogP contribution in [0.1, 0.15) is 24.8 Å². The topological polar surface area (TPSA) is 27.6 Å². The lowest BCUT2D eigenvalue weighted by atomic mass is 10.1. The summed E-state index contributed by atoms with van der Waals surface area (Å²) in [5.74, 6) is 1.16. The molecule has 0 atom stereocenters. The Labute approximate surface area is 126 Å². The van der Waals surface area contributed by atoms with E-state index in [-0.39, 0.29) is 0 Å². The molecule has 0 bridgehead atoms. The molecule has 3 heteroatoms. The molecule has 2 aromatic carbocycles. The Hall–Kier alpha value is -2.29. The van der Waals surface area contributed by atoms with Crippen molar-refractivity contribution in [2.75, 3.05) is 12.0 Å². The molecule has 0 spiro atoms. The van der Waals surface area contributed by atoms with Gasteiger partial charge in [0.05, 0.1) is 5.69 Å². The van der Waals surface area contributed by atoms with Crippen LogP contribution >= 0.6 is 0 Å². The summed E-state index contributed by atoms with van der Waals surface area (Å²) in [6.45, 7) is 2.03. The van der Waals surface area contributed by atoms with Crippen LogP contribution in [-0.2, 0) is 6.54 Å². The maximum Gasteiger partial charge on any atom is 0.125 e. The van der Waals surface area contributed by atoms with Crippen molar-refractivity contribution < 1.29 is 0 Å². The largest absolute Gasteiger partial charge is 0.354 e. The number of hydrazone groups is 1. The summed E-state index contributed by atoms with van der Waals surface area (Å²) in [6.07, 6.45) is 3.52. The van der Waals surface area contributed by atoms with E-state index < -0.39 is 0 Å². The van der Waals surface area contributed by atoms with Crippen LogP contribution in [0.2, 0.25) is 0 Å². The maximum atomic E-state index is 4.62. The number of likely N-dealkylation sites (tertiary alicyclic amines) is 1. The van der Waals surface area contributed by atoms with Gasteiger partial charge in [-0.05, 0) is 30.5 Å². The average Bonchev–Trinajstić information content (AvgIpc) is 2.56. The molecule has 1 saturated heterocycles. The highest BCUT2D eigenvalue weighted by Gasteiger charge is 2.16. The monoisotopic (exact) mass is 279 g/mol. The van der Waals surface area contributed by atoms with Crippen LogP contribution in [0.25, 0.3) is 0 Å². The van der Waals surface area contributed by atoms with Crippen LogP contribution in [0.5, 0.6) is 0 Å².